The summed E-state index contributed by atoms with van der Waals surface area (Å²) in [6, 6.07) is 3.30. The number of nitrogen functional groups attached to an aromatic ring is 1. The zero-order valence-corrected chi connectivity index (χ0v) is 15.9. The van der Waals surface area contributed by atoms with E-state index in [4.69, 9.17) is 5.73 Å². The smallest absolute Gasteiger partial charge is 0.387 e. The average Bonchev–Trinajstić information content (AvgIpc) is 2.71. The second-order valence-electron chi connectivity index (χ2n) is 6.89. The van der Waals surface area contributed by atoms with E-state index in [0.29, 0.717) is 12.8 Å². The quantitative estimate of drug-likeness (QED) is 0.660. The van der Waals surface area contributed by atoms with Crippen LogP contribution in [0.5, 0.6) is 5.75 Å². The third kappa shape index (κ3) is 5.47. The van der Waals surface area contributed by atoms with Crippen molar-refractivity contribution in [3.05, 3.63) is 47.3 Å². The molecule has 0 radical (unpaired) electrons. The Hall–Kier alpha value is -3.14. The monoisotopic (exact) mass is 422 g/mol. The van der Waals surface area contributed by atoms with Crippen LogP contribution in [0, 0.1) is 0 Å². The zero-order chi connectivity index (χ0) is 21.7. The van der Waals surface area contributed by atoms with Gasteiger partial charge in [0, 0.05) is 29.1 Å². The summed E-state index contributed by atoms with van der Waals surface area (Å²) in [6.07, 6.45) is 5.58. The minimum Gasteiger partial charge on any atom is -0.434 e. The standard InChI is InChI=1S/C20H21F3N4O3/c21-14(13-9-25-20(24)26-10-13)8-12-7-11(5-6-17(12)30-19(22)23)18(29)27-15-3-1-2-4-16(15)28/h5-10,15-16,19,28H,1-4H2,(H,27,29)(H2,24,25,26)/b14-8-/t15-,16-/m0/s1. The number of benzene rings is 1. The van der Waals surface area contributed by atoms with E-state index < -0.39 is 30.5 Å². The number of amides is 1. The molecule has 1 fully saturated rings. The topological polar surface area (TPSA) is 110 Å². The highest BCUT2D eigenvalue weighted by Crippen LogP contribution is 2.28. The van der Waals surface area contributed by atoms with Gasteiger partial charge in [0.15, 0.2) is 0 Å². The second kappa shape index (κ2) is 9.57. The van der Waals surface area contributed by atoms with E-state index in [1.807, 2.05) is 0 Å². The molecule has 1 aliphatic carbocycles. The summed E-state index contributed by atoms with van der Waals surface area (Å²) in [5.41, 5.74) is 5.39. The van der Waals surface area contributed by atoms with Gasteiger partial charge in [0.2, 0.25) is 5.95 Å². The van der Waals surface area contributed by atoms with Crippen molar-refractivity contribution >= 4 is 23.8 Å². The number of carbonyl (C=O) groups is 1. The second-order valence-corrected chi connectivity index (χ2v) is 6.89. The van der Waals surface area contributed by atoms with Crippen LogP contribution in [0.3, 0.4) is 0 Å². The van der Waals surface area contributed by atoms with Crippen LogP contribution in [0.2, 0.25) is 0 Å². The number of aliphatic hydroxyl groups is 1. The molecule has 0 saturated heterocycles. The van der Waals surface area contributed by atoms with E-state index in [1.165, 1.54) is 12.1 Å². The Bertz CT molecular complexity index is 922. The van der Waals surface area contributed by atoms with Crippen LogP contribution in [0.4, 0.5) is 19.1 Å². The van der Waals surface area contributed by atoms with Crippen LogP contribution < -0.4 is 15.8 Å². The van der Waals surface area contributed by atoms with Gasteiger partial charge in [0.05, 0.1) is 12.1 Å². The molecule has 0 spiro atoms. The summed E-state index contributed by atoms with van der Waals surface area (Å²) in [5.74, 6) is -1.67. The maximum absolute atomic E-state index is 14.6. The van der Waals surface area contributed by atoms with E-state index >= 15 is 0 Å². The maximum atomic E-state index is 14.6. The molecule has 160 valence electrons. The Labute approximate surface area is 170 Å². The first-order valence-electron chi connectivity index (χ1n) is 9.36. The Morgan fingerprint density at radius 3 is 2.60 bits per heavy atom. The molecule has 0 aliphatic heterocycles. The van der Waals surface area contributed by atoms with Gasteiger partial charge in [0.25, 0.3) is 5.91 Å². The molecule has 2 atom stereocenters. The predicted octanol–water partition coefficient (Wildman–Crippen LogP) is 3.16. The molecule has 2 aromatic rings. The van der Waals surface area contributed by atoms with Crippen LogP contribution in [-0.4, -0.2) is 39.7 Å². The van der Waals surface area contributed by atoms with Gasteiger partial charge in [-0.05, 0) is 37.1 Å². The Kier molecular flexibility index (Phi) is 6.88. The van der Waals surface area contributed by atoms with Gasteiger partial charge >= 0.3 is 6.61 Å². The molecule has 30 heavy (non-hydrogen) atoms. The van der Waals surface area contributed by atoms with Crippen molar-refractivity contribution in [3.63, 3.8) is 0 Å². The highest BCUT2D eigenvalue weighted by Gasteiger charge is 2.25. The molecule has 7 nitrogen and oxygen atoms in total. The Balaban J connectivity index is 1.88. The highest BCUT2D eigenvalue weighted by atomic mass is 19.3. The number of halogens is 3. The fourth-order valence-electron chi connectivity index (χ4n) is 3.22. The van der Waals surface area contributed by atoms with Crippen molar-refractivity contribution in [1.29, 1.82) is 0 Å². The molecule has 10 heteroatoms. The first kappa shape index (κ1) is 21.6. The Morgan fingerprint density at radius 1 is 1.23 bits per heavy atom. The Morgan fingerprint density at radius 2 is 1.93 bits per heavy atom. The van der Waals surface area contributed by atoms with Crippen LogP contribution in [-0.2, 0) is 0 Å². The minimum atomic E-state index is -3.13. The lowest BCUT2D eigenvalue weighted by Crippen LogP contribution is -2.45. The molecule has 1 amide bonds. The molecular formula is C20H21F3N4O3. The third-order valence-corrected chi connectivity index (χ3v) is 4.76. The zero-order valence-electron chi connectivity index (χ0n) is 15.9. The normalized spacial score (nSPS) is 19.6. The lowest BCUT2D eigenvalue weighted by molar-refractivity contribution is -0.0499. The number of nitrogens with two attached hydrogens (primary N) is 1. The van der Waals surface area contributed by atoms with Gasteiger partial charge < -0.3 is 20.9 Å². The molecule has 0 unspecified atom stereocenters. The van der Waals surface area contributed by atoms with Crippen LogP contribution in [0.25, 0.3) is 11.9 Å². The number of aliphatic hydroxyl groups excluding tert-OH is 1. The molecular weight excluding hydrogens is 401 g/mol. The number of aromatic nitrogens is 2. The fraction of sp³-hybridized carbons (Fsp3) is 0.350. The summed E-state index contributed by atoms with van der Waals surface area (Å²) < 4.78 is 44.5. The number of nitrogens with zero attached hydrogens (tertiary/aromatic N) is 2. The minimum absolute atomic E-state index is 0.0209. The highest BCUT2D eigenvalue weighted by molar-refractivity contribution is 5.96. The molecule has 1 heterocycles. The van der Waals surface area contributed by atoms with Crippen LogP contribution >= 0.6 is 0 Å². The largest absolute Gasteiger partial charge is 0.434 e. The summed E-state index contributed by atoms with van der Waals surface area (Å²) in [7, 11) is 0. The molecule has 3 rings (SSSR count). The summed E-state index contributed by atoms with van der Waals surface area (Å²) in [5, 5.41) is 12.8. The first-order valence-corrected chi connectivity index (χ1v) is 9.36. The molecule has 1 aromatic heterocycles. The number of ether oxygens (including phenoxy) is 1. The number of hydrogen-bond donors (Lipinski definition) is 3. The number of nitrogens with one attached hydrogen (secondary N) is 1. The van der Waals surface area contributed by atoms with Gasteiger partial charge in [-0.2, -0.15) is 8.78 Å². The van der Waals surface area contributed by atoms with E-state index in [1.54, 1.807) is 0 Å². The molecule has 1 aliphatic rings. The summed E-state index contributed by atoms with van der Waals surface area (Å²) in [4.78, 5) is 19.9. The summed E-state index contributed by atoms with van der Waals surface area (Å²) in [6.45, 7) is -3.13. The molecule has 1 saturated carbocycles. The number of alkyl halides is 2. The molecule has 1 aromatic carbocycles. The lowest BCUT2D eigenvalue weighted by Gasteiger charge is -2.28. The number of rotatable bonds is 6. The maximum Gasteiger partial charge on any atom is 0.387 e. The van der Waals surface area contributed by atoms with Crippen molar-refractivity contribution in [2.45, 2.75) is 44.4 Å². The van der Waals surface area contributed by atoms with Gasteiger partial charge in [-0.1, -0.05) is 12.8 Å². The summed E-state index contributed by atoms with van der Waals surface area (Å²) >= 11 is 0. The predicted molar refractivity (Wildman–Crippen MR) is 104 cm³/mol. The van der Waals surface area contributed by atoms with Crippen LogP contribution in [0.15, 0.2) is 30.6 Å². The van der Waals surface area contributed by atoms with E-state index in [-0.39, 0.29) is 28.4 Å². The number of carbonyl (C=O) groups excluding carboxylic acids is 1. The molecule has 4 N–H and O–H groups in total. The van der Waals surface area contributed by atoms with Crippen molar-refractivity contribution in [2.24, 2.45) is 0 Å². The van der Waals surface area contributed by atoms with Crippen molar-refractivity contribution in [1.82, 2.24) is 15.3 Å². The van der Waals surface area contributed by atoms with Crippen molar-refractivity contribution in [3.8, 4) is 5.75 Å². The molecule has 0 bridgehead atoms. The van der Waals surface area contributed by atoms with Gasteiger partial charge in [0.1, 0.15) is 11.6 Å². The SMILES string of the molecule is Nc1ncc(/C(F)=C/c2cc(C(=O)N[C@H]3CCCC[C@@H]3O)ccc2OC(F)F)cn1. The van der Waals surface area contributed by atoms with Crippen molar-refractivity contribution in [2.75, 3.05) is 5.73 Å². The number of anilines is 1. The van der Waals surface area contributed by atoms with Crippen LogP contribution in [0.1, 0.15) is 47.2 Å². The third-order valence-electron chi connectivity index (χ3n) is 4.76. The van der Waals surface area contributed by atoms with Gasteiger partial charge in [-0.15, -0.1) is 0 Å². The number of hydrogen-bond acceptors (Lipinski definition) is 6. The lowest BCUT2D eigenvalue weighted by atomic mass is 9.92. The van der Waals surface area contributed by atoms with E-state index in [9.17, 15) is 23.1 Å². The van der Waals surface area contributed by atoms with Gasteiger partial charge in [-0.25, -0.2) is 14.4 Å². The fourth-order valence-corrected chi connectivity index (χ4v) is 3.22. The van der Waals surface area contributed by atoms with E-state index in [2.05, 4.69) is 20.0 Å². The van der Waals surface area contributed by atoms with Gasteiger partial charge in [-0.3, -0.25) is 4.79 Å². The average molecular weight is 422 g/mol. The first-order chi connectivity index (χ1) is 14.3. The van der Waals surface area contributed by atoms with Crippen molar-refractivity contribution < 1.29 is 27.8 Å². The van der Waals surface area contributed by atoms with E-state index in [0.717, 1.165) is 37.4 Å².